The molecule has 0 fully saturated rings. The molecule has 1 heterocycles. The first-order valence-electron chi connectivity index (χ1n) is 5.01. The van der Waals surface area contributed by atoms with E-state index in [-0.39, 0.29) is 0 Å². The van der Waals surface area contributed by atoms with Gasteiger partial charge in [0.25, 0.3) is 0 Å². The molecule has 0 aliphatic carbocycles. The van der Waals surface area contributed by atoms with E-state index in [1.165, 1.54) is 5.56 Å². The maximum absolute atomic E-state index is 5.76. The van der Waals surface area contributed by atoms with Crippen LogP contribution >= 0.6 is 15.9 Å². The van der Waals surface area contributed by atoms with E-state index in [2.05, 4.69) is 34.0 Å². The van der Waals surface area contributed by atoms with Crippen LogP contribution in [0, 0.1) is 6.92 Å². The van der Waals surface area contributed by atoms with Gasteiger partial charge in [0.15, 0.2) is 5.75 Å². The highest BCUT2D eigenvalue weighted by Gasteiger charge is 2.05. The predicted molar refractivity (Wildman–Crippen MR) is 67.1 cm³/mol. The summed E-state index contributed by atoms with van der Waals surface area (Å²) in [6, 6.07) is 6.14. The summed E-state index contributed by atoms with van der Waals surface area (Å²) in [5.74, 6) is 1.63. The molecular formula is C12H13BrN2O. The number of hydrogen-bond donors (Lipinski definition) is 0. The zero-order valence-electron chi connectivity index (χ0n) is 9.27. The lowest BCUT2D eigenvalue weighted by Crippen LogP contribution is -1.89. The first kappa shape index (κ1) is 11.2. The van der Waals surface area contributed by atoms with Crippen LogP contribution in [0.2, 0.25) is 0 Å². The molecule has 4 heteroatoms. The normalized spacial score (nSPS) is 10.4. The lowest BCUT2D eigenvalue weighted by atomic mass is 10.1. The molecule has 0 saturated carbocycles. The number of aryl methyl sites for hydroxylation is 2. The summed E-state index contributed by atoms with van der Waals surface area (Å²) >= 11 is 3.46. The van der Waals surface area contributed by atoms with Crippen LogP contribution < -0.4 is 4.74 Å². The predicted octanol–water partition coefficient (Wildman–Crippen LogP) is 3.42. The third-order valence-electron chi connectivity index (χ3n) is 2.27. The highest BCUT2D eigenvalue weighted by molar-refractivity contribution is 9.08. The summed E-state index contributed by atoms with van der Waals surface area (Å²) in [6.07, 6.45) is 3.55. The minimum absolute atomic E-state index is 0.758. The third kappa shape index (κ3) is 2.44. The molecule has 1 aromatic heterocycles. The fourth-order valence-corrected chi connectivity index (χ4v) is 1.93. The molecular weight excluding hydrogens is 268 g/mol. The molecule has 2 rings (SSSR count). The van der Waals surface area contributed by atoms with Crippen LogP contribution in [0.1, 0.15) is 11.1 Å². The van der Waals surface area contributed by atoms with E-state index in [0.29, 0.717) is 0 Å². The zero-order chi connectivity index (χ0) is 11.5. The summed E-state index contributed by atoms with van der Waals surface area (Å²) in [4.78, 5) is 0. The Morgan fingerprint density at radius 2 is 2.25 bits per heavy atom. The number of benzene rings is 1. The topological polar surface area (TPSA) is 27.1 Å². The Kier molecular flexibility index (Phi) is 3.29. The number of hydrogen-bond acceptors (Lipinski definition) is 2. The summed E-state index contributed by atoms with van der Waals surface area (Å²) < 4.78 is 7.48. The summed E-state index contributed by atoms with van der Waals surface area (Å²) in [6.45, 7) is 2.07. The van der Waals surface area contributed by atoms with E-state index in [0.717, 1.165) is 22.4 Å². The Bertz CT molecular complexity index is 494. The van der Waals surface area contributed by atoms with Crippen molar-refractivity contribution in [1.29, 1.82) is 0 Å². The second kappa shape index (κ2) is 4.70. The van der Waals surface area contributed by atoms with Crippen molar-refractivity contribution in [2.45, 2.75) is 12.3 Å². The molecule has 3 nitrogen and oxygen atoms in total. The average molecular weight is 281 g/mol. The van der Waals surface area contributed by atoms with Gasteiger partial charge in [0.2, 0.25) is 0 Å². The quantitative estimate of drug-likeness (QED) is 0.806. The van der Waals surface area contributed by atoms with E-state index in [1.807, 2.05) is 25.4 Å². The average Bonchev–Trinajstić information content (AvgIpc) is 2.67. The largest absolute Gasteiger partial charge is 0.454 e. The van der Waals surface area contributed by atoms with Crippen molar-refractivity contribution in [3.05, 3.63) is 41.7 Å². The highest BCUT2D eigenvalue weighted by atomic mass is 79.9. The van der Waals surface area contributed by atoms with Crippen LogP contribution in [0.4, 0.5) is 0 Å². The molecule has 0 bridgehead atoms. The Morgan fingerprint density at radius 3 is 2.88 bits per heavy atom. The molecule has 0 aliphatic rings. The van der Waals surface area contributed by atoms with Crippen molar-refractivity contribution < 1.29 is 4.74 Å². The molecule has 0 atom stereocenters. The lowest BCUT2D eigenvalue weighted by Gasteiger charge is -2.08. The number of alkyl halides is 1. The molecule has 1 aromatic carbocycles. The highest BCUT2D eigenvalue weighted by Crippen LogP contribution is 2.27. The third-order valence-corrected chi connectivity index (χ3v) is 2.87. The standard InChI is InChI=1S/C12H13BrN2O/c1-9-3-4-12(10(5-9)6-13)16-11-7-14-15(2)8-11/h3-5,7-8H,6H2,1-2H3. The van der Waals surface area contributed by atoms with Crippen LogP contribution in [0.5, 0.6) is 11.5 Å². The van der Waals surface area contributed by atoms with E-state index >= 15 is 0 Å². The molecule has 2 aromatic rings. The molecule has 0 saturated heterocycles. The van der Waals surface area contributed by atoms with Crippen LogP contribution in [-0.2, 0) is 12.4 Å². The van der Waals surface area contributed by atoms with Crippen LogP contribution in [0.3, 0.4) is 0 Å². The molecule has 0 aliphatic heterocycles. The Balaban J connectivity index is 2.27. The first-order valence-corrected chi connectivity index (χ1v) is 6.13. The van der Waals surface area contributed by atoms with E-state index < -0.39 is 0 Å². The Labute approximate surface area is 103 Å². The number of aromatic nitrogens is 2. The lowest BCUT2D eigenvalue weighted by molar-refractivity contribution is 0.478. The van der Waals surface area contributed by atoms with E-state index in [4.69, 9.17) is 4.74 Å². The molecule has 0 N–H and O–H groups in total. The fourth-order valence-electron chi connectivity index (χ4n) is 1.49. The van der Waals surface area contributed by atoms with E-state index in [9.17, 15) is 0 Å². The molecule has 0 radical (unpaired) electrons. The van der Waals surface area contributed by atoms with Gasteiger partial charge in [0.1, 0.15) is 5.75 Å². The van der Waals surface area contributed by atoms with Crippen molar-refractivity contribution in [1.82, 2.24) is 9.78 Å². The maximum Gasteiger partial charge on any atom is 0.165 e. The maximum atomic E-state index is 5.76. The van der Waals surface area contributed by atoms with Gasteiger partial charge in [-0.3, -0.25) is 4.68 Å². The molecule has 16 heavy (non-hydrogen) atoms. The molecule has 0 amide bonds. The Hall–Kier alpha value is -1.29. The van der Waals surface area contributed by atoms with Crippen LogP contribution in [-0.4, -0.2) is 9.78 Å². The number of ether oxygens (including phenoxy) is 1. The van der Waals surface area contributed by atoms with Gasteiger partial charge in [0.05, 0.1) is 12.4 Å². The van der Waals surface area contributed by atoms with Crippen molar-refractivity contribution in [3.63, 3.8) is 0 Å². The minimum atomic E-state index is 0.758. The van der Waals surface area contributed by atoms with Crippen molar-refractivity contribution in [3.8, 4) is 11.5 Å². The summed E-state index contributed by atoms with van der Waals surface area (Å²) in [5, 5.41) is 4.85. The Morgan fingerprint density at radius 1 is 1.44 bits per heavy atom. The zero-order valence-corrected chi connectivity index (χ0v) is 10.9. The molecule has 0 spiro atoms. The van der Waals surface area contributed by atoms with Crippen LogP contribution in [0.15, 0.2) is 30.6 Å². The van der Waals surface area contributed by atoms with Crippen molar-refractivity contribution in [2.75, 3.05) is 0 Å². The SMILES string of the molecule is Cc1ccc(Oc2cnn(C)c2)c(CBr)c1. The van der Waals surface area contributed by atoms with Gasteiger partial charge < -0.3 is 4.74 Å². The monoisotopic (exact) mass is 280 g/mol. The summed E-state index contributed by atoms with van der Waals surface area (Å²) in [7, 11) is 1.87. The van der Waals surface area contributed by atoms with Gasteiger partial charge in [0, 0.05) is 17.9 Å². The molecule has 0 unspecified atom stereocenters. The van der Waals surface area contributed by atoms with Gasteiger partial charge in [-0.1, -0.05) is 33.6 Å². The van der Waals surface area contributed by atoms with Gasteiger partial charge in [-0.2, -0.15) is 5.10 Å². The minimum Gasteiger partial charge on any atom is -0.454 e. The molecule has 84 valence electrons. The number of nitrogens with zero attached hydrogens (tertiary/aromatic N) is 2. The number of halogens is 1. The van der Waals surface area contributed by atoms with Gasteiger partial charge in [-0.25, -0.2) is 0 Å². The second-order valence-electron chi connectivity index (χ2n) is 3.70. The summed E-state index contributed by atoms with van der Waals surface area (Å²) in [5.41, 5.74) is 2.37. The van der Waals surface area contributed by atoms with Crippen LogP contribution in [0.25, 0.3) is 0 Å². The van der Waals surface area contributed by atoms with Crippen molar-refractivity contribution >= 4 is 15.9 Å². The van der Waals surface area contributed by atoms with Gasteiger partial charge in [-0.05, 0) is 13.0 Å². The van der Waals surface area contributed by atoms with Gasteiger partial charge in [-0.15, -0.1) is 0 Å². The fraction of sp³-hybridized carbons (Fsp3) is 0.250. The second-order valence-corrected chi connectivity index (χ2v) is 4.26. The number of rotatable bonds is 3. The van der Waals surface area contributed by atoms with Crippen molar-refractivity contribution in [2.24, 2.45) is 7.05 Å². The van der Waals surface area contributed by atoms with E-state index in [1.54, 1.807) is 10.9 Å². The smallest absolute Gasteiger partial charge is 0.165 e. The van der Waals surface area contributed by atoms with Gasteiger partial charge >= 0.3 is 0 Å². The first-order chi connectivity index (χ1) is 7.69.